The molecule has 0 aliphatic heterocycles. The van der Waals surface area contributed by atoms with Crippen LogP contribution in [-0.4, -0.2) is 30.6 Å². The van der Waals surface area contributed by atoms with E-state index in [9.17, 15) is 14.7 Å². The Labute approximate surface area is 112 Å². The first-order chi connectivity index (χ1) is 9.02. The van der Waals surface area contributed by atoms with Gasteiger partial charge in [-0.2, -0.15) is 0 Å². The van der Waals surface area contributed by atoms with E-state index in [1.54, 1.807) is 12.1 Å². The van der Waals surface area contributed by atoms with Crippen LogP contribution < -0.4 is 4.74 Å². The number of ketones is 1. The summed E-state index contributed by atoms with van der Waals surface area (Å²) in [6.45, 7) is 1.61. The van der Waals surface area contributed by atoms with Gasteiger partial charge in [0.1, 0.15) is 23.7 Å². The summed E-state index contributed by atoms with van der Waals surface area (Å²) in [5.74, 6) is 0.0546. The first kappa shape index (κ1) is 15.0. The van der Waals surface area contributed by atoms with Crippen molar-refractivity contribution in [1.82, 2.24) is 0 Å². The highest BCUT2D eigenvalue weighted by molar-refractivity contribution is 5.94. The van der Waals surface area contributed by atoms with E-state index in [2.05, 4.69) is 0 Å². The highest BCUT2D eigenvalue weighted by Crippen LogP contribution is 2.24. The Hall–Kier alpha value is -2.04. The molecule has 5 heteroatoms. The number of rotatable bonds is 7. The molecular formula is C14H18O5. The first-order valence-electron chi connectivity index (χ1n) is 6.04. The summed E-state index contributed by atoms with van der Waals surface area (Å²) in [7, 11) is 1.53. The number of phenolic OH excluding ortho intramolecular Hbond substituents is 1. The van der Waals surface area contributed by atoms with Crippen LogP contribution in [0.3, 0.4) is 0 Å². The fourth-order valence-corrected chi connectivity index (χ4v) is 1.64. The number of phenols is 1. The van der Waals surface area contributed by atoms with Crippen LogP contribution in [-0.2, 0) is 20.7 Å². The lowest BCUT2D eigenvalue weighted by Crippen LogP contribution is -2.10. The minimum absolute atomic E-state index is 0.147. The van der Waals surface area contributed by atoms with E-state index in [0.717, 1.165) is 5.56 Å². The Morgan fingerprint density at radius 3 is 2.68 bits per heavy atom. The molecule has 0 heterocycles. The molecule has 0 radical (unpaired) electrons. The standard InChI is InChI=1S/C14H18O5/c1-10(15)8-14(17)19-7-3-4-11-5-6-12(16)9-13(11)18-2/h5-6,9,16H,3-4,7-8H2,1-2H3. The molecular weight excluding hydrogens is 248 g/mol. The van der Waals surface area contributed by atoms with Crippen molar-refractivity contribution >= 4 is 11.8 Å². The number of hydrogen-bond donors (Lipinski definition) is 1. The van der Waals surface area contributed by atoms with Gasteiger partial charge in [-0.05, 0) is 31.4 Å². The minimum atomic E-state index is -0.495. The van der Waals surface area contributed by atoms with Gasteiger partial charge in [-0.25, -0.2) is 0 Å². The summed E-state index contributed by atoms with van der Waals surface area (Å²) in [6.07, 6.45) is 1.12. The largest absolute Gasteiger partial charge is 0.508 e. The molecule has 0 saturated heterocycles. The predicted octanol–water partition coefficient (Wildman–Crippen LogP) is 1.86. The molecule has 1 aromatic carbocycles. The molecule has 1 N–H and O–H groups in total. The maximum atomic E-state index is 11.1. The van der Waals surface area contributed by atoms with Gasteiger partial charge in [0.15, 0.2) is 0 Å². The second-order valence-corrected chi connectivity index (χ2v) is 4.20. The zero-order valence-corrected chi connectivity index (χ0v) is 11.1. The fraction of sp³-hybridized carbons (Fsp3) is 0.429. The Bertz CT molecular complexity index is 453. The van der Waals surface area contributed by atoms with E-state index in [1.807, 2.05) is 0 Å². The van der Waals surface area contributed by atoms with Gasteiger partial charge in [0, 0.05) is 6.07 Å². The zero-order chi connectivity index (χ0) is 14.3. The monoisotopic (exact) mass is 266 g/mol. The van der Waals surface area contributed by atoms with Crippen LogP contribution in [0.1, 0.15) is 25.3 Å². The van der Waals surface area contributed by atoms with E-state index < -0.39 is 5.97 Å². The third-order valence-corrected chi connectivity index (χ3v) is 2.52. The molecule has 0 spiro atoms. The summed E-state index contributed by atoms with van der Waals surface area (Å²) in [4.78, 5) is 21.8. The molecule has 0 fully saturated rings. The Morgan fingerprint density at radius 1 is 1.32 bits per heavy atom. The third kappa shape index (κ3) is 5.42. The van der Waals surface area contributed by atoms with Crippen LogP contribution in [0.5, 0.6) is 11.5 Å². The molecule has 0 saturated carbocycles. The molecule has 0 aliphatic carbocycles. The molecule has 5 nitrogen and oxygen atoms in total. The molecule has 0 aliphatic rings. The van der Waals surface area contributed by atoms with Gasteiger partial charge in [0.2, 0.25) is 0 Å². The number of Topliss-reactive ketones (excluding diaryl/α,β-unsaturated/α-hetero) is 1. The Balaban J connectivity index is 2.37. The Kier molecular flexibility index (Phi) is 5.85. The summed E-state index contributed by atoms with van der Waals surface area (Å²) in [6, 6.07) is 4.89. The van der Waals surface area contributed by atoms with Gasteiger partial charge in [-0.3, -0.25) is 9.59 Å². The number of aromatic hydroxyl groups is 1. The van der Waals surface area contributed by atoms with Crippen molar-refractivity contribution in [2.45, 2.75) is 26.2 Å². The smallest absolute Gasteiger partial charge is 0.313 e. The van der Waals surface area contributed by atoms with E-state index in [0.29, 0.717) is 18.6 Å². The number of ether oxygens (including phenoxy) is 2. The van der Waals surface area contributed by atoms with Gasteiger partial charge in [0.05, 0.1) is 13.7 Å². The number of esters is 1. The van der Waals surface area contributed by atoms with Crippen LogP contribution in [0.15, 0.2) is 18.2 Å². The molecule has 1 rings (SSSR count). The van der Waals surface area contributed by atoms with E-state index >= 15 is 0 Å². The lowest BCUT2D eigenvalue weighted by molar-refractivity contribution is -0.145. The van der Waals surface area contributed by atoms with Crippen molar-refractivity contribution < 1.29 is 24.2 Å². The third-order valence-electron chi connectivity index (χ3n) is 2.52. The summed E-state index contributed by atoms with van der Waals surface area (Å²) >= 11 is 0. The second kappa shape index (κ2) is 7.41. The van der Waals surface area contributed by atoms with Crippen LogP contribution in [0.4, 0.5) is 0 Å². The molecule has 19 heavy (non-hydrogen) atoms. The molecule has 0 bridgehead atoms. The molecule has 0 unspecified atom stereocenters. The SMILES string of the molecule is COc1cc(O)ccc1CCCOC(=O)CC(C)=O. The van der Waals surface area contributed by atoms with Gasteiger partial charge in [-0.15, -0.1) is 0 Å². The molecule has 0 aromatic heterocycles. The lowest BCUT2D eigenvalue weighted by atomic mass is 10.1. The maximum absolute atomic E-state index is 11.1. The molecule has 0 amide bonds. The van der Waals surface area contributed by atoms with Crippen LogP contribution in [0.25, 0.3) is 0 Å². The summed E-state index contributed by atoms with van der Waals surface area (Å²) < 4.78 is 10.1. The van der Waals surface area contributed by atoms with Crippen LogP contribution in [0.2, 0.25) is 0 Å². The maximum Gasteiger partial charge on any atom is 0.313 e. The normalized spacial score (nSPS) is 10.0. The van der Waals surface area contributed by atoms with Crippen molar-refractivity contribution in [3.63, 3.8) is 0 Å². The van der Waals surface area contributed by atoms with Gasteiger partial charge < -0.3 is 14.6 Å². The lowest BCUT2D eigenvalue weighted by Gasteiger charge is -2.09. The van der Waals surface area contributed by atoms with Gasteiger partial charge >= 0.3 is 5.97 Å². The van der Waals surface area contributed by atoms with E-state index in [1.165, 1.54) is 20.1 Å². The number of benzene rings is 1. The van der Waals surface area contributed by atoms with E-state index in [-0.39, 0.29) is 24.6 Å². The second-order valence-electron chi connectivity index (χ2n) is 4.20. The highest BCUT2D eigenvalue weighted by Gasteiger charge is 2.07. The molecule has 1 aromatic rings. The zero-order valence-electron chi connectivity index (χ0n) is 11.1. The average molecular weight is 266 g/mol. The minimum Gasteiger partial charge on any atom is -0.508 e. The summed E-state index contributed by atoms with van der Waals surface area (Å²) in [5.41, 5.74) is 0.933. The predicted molar refractivity (Wildman–Crippen MR) is 69.2 cm³/mol. The van der Waals surface area contributed by atoms with Crippen molar-refractivity contribution in [2.75, 3.05) is 13.7 Å². The van der Waals surface area contributed by atoms with Crippen molar-refractivity contribution in [2.24, 2.45) is 0 Å². The summed E-state index contributed by atoms with van der Waals surface area (Å²) in [5, 5.41) is 9.32. The number of aryl methyl sites for hydroxylation is 1. The fourth-order valence-electron chi connectivity index (χ4n) is 1.64. The molecule has 104 valence electrons. The highest BCUT2D eigenvalue weighted by atomic mass is 16.5. The number of hydrogen-bond acceptors (Lipinski definition) is 5. The quantitative estimate of drug-likeness (QED) is 0.463. The van der Waals surface area contributed by atoms with Gasteiger partial charge in [-0.1, -0.05) is 6.07 Å². The number of methoxy groups -OCH3 is 1. The van der Waals surface area contributed by atoms with E-state index in [4.69, 9.17) is 9.47 Å². The Morgan fingerprint density at radius 2 is 2.05 bits per heavy atom. The molecule has 0 atom stereocenters. The number of carbonyl (C=O) groups is 2. The van der Waals surface area contributed by atoms with Crippen molar-refractivity contribution in [3.8, 4) is 11.5 Å². The topological polar surface area (TPSA) is 72.8 Å². The van der Waals surface area contributed by atoms with Crippen LogP contribution >= 0.6 is 0 Å². The first-order valence-corrected chi connectivity index (χ1v) is 6.04. The van der Waals surface area contributed by atoms with Crippen molar-refractivity contribution in [3.05, 3.63) is 23.8 Å². The van der Waals surface area contributed by atoms with Gasteiger partial charge in [0.25, 0.3) is 0 Å². The number of carbonyl (C=O) groups excluding carboxylic acids is 2. The van der Waals surface area contributed by atoms with Crippen LogP contribution in [0, 0.1) is 0 Å². The van der Waals surface area contributed by atoms with Crippen molar-refractivity contribution in [1.29, 1.82) is 0 Å². The average Bonchev–Trinajstić information content (AvgIpc) is 2.35.